The number of rotatable bonds is 4. The van der Waals surface area contributed by atoms with Gasteiger partial charge in [0.25, 0.3) is 0 Å². The number of ether oxygens (including phenoxy) is 1. The Balaban J connectivity index is 1.80. The van der Waals surface area contributed by atoms with Crippen LogP contribution < -0.4 is 4.90 Å². The van der Waals surface area contributed by atoms with E-state index in [1.807, 2.05) is 6.07 Å². The van der Waals surface area contributed by atoms with E-state index in [2.05, 4.69) is 9.88 Å². The number of morpholine rings is 1. The number of halogens is 1. The summed E-state index contributed by atoms with van der Waals surface area (Å²) >= 11 is 0. The second-order valence-corrected chi connectivity index (χ2v) is 6.59. The van der Waals surface area contributed by atoms with Crippen LogP contribution in [0.2, 0.25) is 0 Å². The Hall–Kier alpha value is -2.99. The largest absolute Gasteiger partial charge is 0.505 e. The van der Waals surface area contributed by atoms with E-state index >= 15 is 0 Å². The van der Waals surface area contributed by atoms with Gasteiger partial charge in [-0.1, -0.05) is 12.1 Å². The number of aromatic nitrogens is 1. The lowest BCUT2D eigenvalue weighted by molar-refractivity contribution is 0.112. The molecule has 1 saturated heterocycles. The Bertz CT molecular complexity index is 983. The van der Waals surface area contributed by atoms with Crippen molar-refractivity contribution in [3.8, 4) is 5.75 Å². The standard InChI is InChI=1S/C21H19FN2O3/c22-17-3-1-14(2-4-17)9-15-10-18-19(24-5-7-27-8-6-24)11-16(13-25)21(26)20(18)23-12-15/h1-4,10-13,26H,5-9H2. The van der Waals surface area contributed by atoms with Crippen LogP contribution in [0.25, 0.3) is 10.9 Å². The highest BCUT2D eigenvalue weighted by atomic mass is 19.1. The maximum absolute atomic E-state index is 13.1. The molecule has 1 aliphatic heterocycles. The van der Waals surface area contributed by atoms with E-state index in [0.29, 0.717) is 44.5 Å². The van der Waals surface area contributed by atoms with Crippen molar-refractivity contribution in [1.29, 1.82) is 0 Å². The fourth-order valence-corrected chi connectivity index (χ4v) is 3.41. The number of pyridine rings is 1. The van der Waals surface area contributed by atoms with Gasteiger partial charge >= 0.3 is 0 Å². The lowest BCUT2D eigenvalue weighted by atomic mass is 10.0. The number of hydrogen-bond acceptors (Lipinski definition) is 5. The van der Waals surface area contributed by atoms with E-state index in [1.165, 1.54) is 12.1 Å². The molecule has 138 valence electrons. The van der Waals surface area contributed by atoms with E-state index in [1.54, 1.807) is 24.4 Å². The molecule has 1 fully saturated rings. The highest BCUT2D eigenvalue weighted by Gasteiger charge is 2.19. The van der Waals surface area contributed by atoms with Crippen LogP contribution >= 0.6 is 0 Å². The van der Waals surface area contributed by atoms with Gasteiger partial charge in [0, 0.05) is 30.4 Å². The summed E-state index contributed by atoms with van der Waals surface area (Å²) in [4.78, 5) is 17.9. The number of anilines is 1. The number of carbonyl (C=O) groups is 1. The maximum Gasteiger partial charge on any atom is 0.153 e. The van der Waals surface area contributed by atoms with Crippen LogP contribution in [0.4, 0.5) is 10.1 Å². The summed E-state index contributed by atoms with van der Waals surface area (Å²) in [5.74, 6) is -0.373. The molecule has 5 nitrogen and oxygen atoms in total. The van der Waals surface area contributed by atoms with E-state index in [0.717, 1.165) is 22.2 Å². The van der Waals surface area contributed by atoms with Crippen LogP contribution in [0.3, 0.4) is 0 Å². The van der Waals surface area contributed by atoms with Crippen LogP contribution in [-0.2, 0) is 11.2 Å². The molecule has 3 aromatic rings. The predicted molar refractivity (Wildman–Crippen MR) is 101 cm³/mol. The van der Waals surface area contributed by atoms with E-state index in [-0.39, 0.29) is 17.1 Å². The summed E-state index contributed by atoms with van der Waals surface area (Å²) in [7, 11) is 0. The topological polar surface area (TPSA) is 62.7 Å². The average Bonchev–Trinajstić information content (AvgIpc) is 2.71. The van der Waals surface area contributed by atoms with Crippen LogP contribution in [0.15, 0.2) is 42.6 Å². The molecule has 27 heavy (non-hydrogen) atoms. The Morgan fingerprint density at radius 1 is 1.15 bits per heavy atom. The van der Waals surface area contributed by atoms with Gasteiger partial charge in [-0.2, -0.15) is 0 Å². The maximum atomic E-state index is 13.1. The molecular weight excluding hydrogens is 347 g/mol. The number of carbonyl (C=O) groups excluding carboxylic acids is 1. The lowest BCUT2D eigenvalue weighted by Crippen LogP contribution is -2.36. The molecule has 1 aromatic heterocycles. The molecule has 0 saturated carbocycles. The molecule has 0 spiro atoms. The number of nitrogens with zero attached hydrogens (tertiary/aromatic N) is 2. The van der Waals surface area contributed by atoms with Crippen LogP contribution in [0.1, 0.15) is 21.5 Å². The molecule has 0 radical (unpaired) electrons. The van der Waals surface area contributed by atoms with Crippen LogP contribution in [-0.4, -0.2) is 42.7 Å². The van der Waals surface area contributed by atoms with Crippen LogP contribution in [0, 0.1) is 5.82 Å². The van der Waals surface area contributed by atoms with Crippen LogP contribution in [0.5, 0.6) is 5.75 Å². The summed E-state index contributed by atoms with van der Waals surface area (Å²) in [6.45, 7) is 2.64. The third kappa shape index (κ3) is 3.48. The van der Waals surface area contributed by atoms with Gasteiger partial charge in [0.05, 0.1) is 18.8 Å². The molecule has 1 N–H and O–H groups in total. The summed E-state index contributed by atoms with van der Waals surface area (Å²) in [6, 6.07) is 10.0. The van der Waals surface area contributed by atoms with Crippen molar-refractivity contribution in [3.05, 3.63) is 65.1 Å². The number of phenols is 1. The zero-order valence-corrected chi connectivity index (χ0v) is 14.7. The van der Waals surface area contributed by atoms with Gasteiger partial charge in [-0.25, -0.2) is 4.39 Å². The second kappa shape index (κ2) is 7.32. The second-order valence-electron chi connectivity index (χ2n) is 6.59. The van der Waals surface area contributed by atoms with E-state index in [9.17, 15) is 14.3 Å². The summed E-state index contributed by atoms with van der Waals surface area (Å²) in [5, 5.41) is 11.2. The summed E-state index contributed by atoms with van der Waals surface area (Å²) < 4.78 is 18.5. The van der Waals surface area contributed by atoms with Gasteiger partial charge in [-0.15, -0.1) is 0 Å². The molecule has 0 aliphatic carbocycles. The van der Waals surface area contributed by atoms with Gasteiger partial charge in [0.1, 0.15) is 11.3 Å². The van der Waals surface area contributed by atoms with Crippen molar-refractivity contribution in [3.63, 3.8) is 0 Å². The Labute approximate surface area is 156 Å². The molecule has 4 rings (SSSR count). The van der Waals surface area contributed by atoms with Crippen molar-refractivity contribution in [2.24, 2.45) is 0 Å². The zero-order valence-electron chi connectivity index (χ0n) is 14.7. The molecule has 2 heterocycles. The molecule has 0 atom stereocenters. The third-order valence-electron chi connectivity index (χ3n) is 4.81. The first kappa shape index (κ1) is 17.4. The number of hydrogen-bond donors (Lipinski definition) is 1. The smallest absolute Gasteiger partial charge is 0.153 e. The average molecular weight is 366 g/mol. The zero-order chi connectivity index (χ0) is 18.8. The van der Waals surface area contributed by atoms with Gasteiger partial charge in [0.15, 0.2) is 12.0 Å². The van der Waals surface area contributed by atoms with Gasteiger partial charge in [-0.05, 0) is 41.8 Å². The quantitative estimate of drug-likeness (QED) is 0.718. The minimum Gasteiger partial charge on any atom is -0.505 e. The van der Waals surface area contributed by atoms with Crippen molar-refractivity contribution < 1.29 is 19.0 Å². The minimum atomic E-state index is -0.267. The molecule has 0 amide bonds. The molecular formula is C21H19FN2O3. The van der Waals surface area contributed by atoms with E-state index < -0.39 is 0 Å². The highest BCUT2D eigenvalue weighted by Crippen LogP contribution is 2.35. The number of fused-ring (bicyclic) bond motifs is 1. The summed E-state index contributed by atoms with van der Waals surface area (Å²) in [5.41, 5.74) is 3.41. The first-order valence-corrected chi connectivity index (χ1v) is 8.82. The Morgan fingerprint density at radius 2 is 1.89 bits per heavy atom. The third-order valence-corrected chi connectivity index (χ3v) is 4.81. The Kier molecular flexibility index (Phi) is 4.73. The lowest BCUT2D eigenvalue weighted by Gasteiger charge is -2.30. The molecule has 0 unspecified atom stereocenters. The minimum absolute atomic E-state index is 0.106. The number of aromatic hydroxyl groups is 1. The summed E-state index contributed by atoms with van der Waals surface area (Å²) in [6.07, 6.45) is 2.93. The number of aldehydes is 1. The van der Waals surface area contributed by atoms with Crippen molar-refractivity contribution in [2.45, 2.75) is 6.42 Å². The van der Waals surface area contributed by atoms with Crippen molar-refractivity contribution in [2.75, 3.05) is 31.2 Å². The molecule has 0 bridgehead atoms. The SMILES string of the molecule is O=Cc1cc(N2CCOCC2)c2cc(Cc3ccc(F)cc3)cnc2c1O. The van der Waals surface area contributed by atoms with E-state index in [4.69, 9.17) is 4.74 Å². The number of benzene rings is 2. The van der Waals surface area contributed by atoms with Gasteiger partial charge < -0.3 is 14.7 Å². The van der Waals surface area contributed by atoms with Crippen molar-refractivity contribution >= 4 is 22.9 Å². The van der Waals surface area contributed by atoms with Gasteiger partial charge in [0.2, 0.25) is 0 Å². The molecule has 2 aromatic carbocycles. The monoisotopic (exact) mass is 366 g/mol. The first-order valence-electron chi connectivity index (χ1n) is 8.82. The first-order chi connectivity index (χ1) is 13.2. The van der Waals surface area contributed by atoms with Gasteiger partial charge in [-0.3, -0.25) is 9.78 Å². The molecule has 6 heteroatoms. The molecule has 1 aliphatic rings. The predicted octanol–water partition coefficient (Wildman–Crippen LogP) is 3.32. The number of phenolic OH excluding ortho intramolecular Hbond substituents is 1. The fraction of sp³-hybridized carbons (Fsp3) is 0.238. The fourth-order valence-electron chi connectivity index (χ4n) is 3.41. The normalized spacial score (nSPS) is 14.5. The highest BCUT2D eigenvalue weighted by molar-refractivity contribution is 6.01. The Morgan fingerprint density at radius 3 is 2.59 bits per heavy atom. The van der Waals surface area contributed by atoms with Crippen molar-refractivity contribution in [1.82, 2.24) is 4.98 Å².